The number of aromatic nitrogens is 1. The number of pyridine rings is 1. The molecule has 0 saturated heterocycles. The summed E-state index contributed by atoms with van der Waals surface area (Å²) in [6, 6.07) is 3.72. The maximum Gasteiger partial charge on any atom is 0.115 e. The predicted molar refractivity (Wildman–Crippen MR) is 67.6 cm³/mol. The molecular formula is C10H14ClNS2. The van der Waals surface area contributed by atoms with E-state index in [1.54, 1.807) is 18.0 Å². The van der Waals surface area contributed by atoms with Crippen molar-refractivity contribution in [3.63, 3.8) is 0 Å². The Hall–Kier alpha value is 0.140. The molecule has 1 aromatic heterocycles. The lowest BCUT2D eigenvalue weighted by molar-refractivity contribution is 0.649. The second-order valence-electron chi connectivity index (χ2n) is 3.06. The lowest BCUT2D eigenvalue weighted by Crippen LogP contribution is -2.03. The van der Waals surface area contributed by atoms with Crippen molar-refractivity contribution in [1.29, 1.82) is 0 Å². The molecular weight excluding hydrogens is 234 g/mol. The summed E-state index contributed by atoms with van der Waals surface area (Å²) in [4.78, 5) is 4.22. The number of nitrogens with zero attached hydrogens (tertiary/aromatic N) is 1. The lowest BCUT2D eigenvalue weighted by Gasteiger charge is -2.10. The normalized spacial score (nSPS) is 12.8. The number of halogens is 1. The van der Waals surface area contributed by atoms with Crippen molar-refractivity contribution < 1.29 is 0 Å². The van der Waals surface area contributed by atoms with Crippen LogP contribution in [-0.4, -0.2) is 16.5 Å². The fraction of sp³-hybridized carbons (Fsp3) is 0.500. The molecule has 4 heteroatoms. The van der Waals surface area contributed by atoms with Gasteiger partial charge in [0.05, 0.1) is 5.02 Å². The van der Waals surface area contributed by atoms with Crippen LogP contribution in [0.15, 0.2) is 23.4 Å². The third kappa shape index (κ3) is 3.71. The summed E-state index contributed by atoms with van der Waals surface area (Å²) in [5, 5.41) is 1.67. The quantitative estimate of drug-likeness (QED) is 0.628. The Morgan fingerprint density at radius 3 is 3.00 bits per heavy atom. The first-order valence-corrected chi connectivity index (χ1v) is 6.61. The minimum Gasteiger partial charge on any atom is -0.248 e. The molecule has 78 valence electrons. The minimum absolute atomic E-state index is 0.640. The van der Waals surface area contributed by atoms with Crippen LogP contribution in [0.25, 0.3) is 0 Å². The highest BCUT2D eigenvalue weighted by molar-refractivity contribution is 7.99. The molecule has 0 amide bonds. The number of hydrogen-bond donors (Lipinski definition) is 1. The van der Waals surface area contributed by atoms with Gasteiger partial charge >= 0.3 is 0 Å². The molecule has 1 unspecified atom stereocenters. The van der Waals surface area contributed by atoms with Crippen LogP contribution in [0.4, 0.5) is 0 Å². The molecule has 0 aliphatic rings. The van der Waals surface area contributed by atoms with Crippen LogP contribution in [0.3, 0.4) is 0 Å². The third-order valence-corrected chi connectivity index (χ3v) is 4.19. The Morgan fingerprint density at radius 1 is 1.64 bits per heavy atom. The van der Waals surface area contributed by atoms with Crippen molar-refractivity contribution in [2.75, 3.05) is 11.5 Å². The highest BCUT2D eigenvalue weighted by Gasteiger charge is 2.07. The molecule has 1 rings (SSSR count). The summed E-state index contributed by atoms with van der Waals surface area (Å²) in [6.45, 7) is 2.18. The molecule has 1 nitrogen and oxygen atoms in total. The molecule has 0 radical (unpaired) electrons. The molecule has 0 fully saturated rings. The number of hydrogen-bond acceptors (Lipinski definition) is 3. The van der Waals surface area contributed by atoms with Crippen molar-refractivity contribution >= 4 is 36.0 Å². The molecule has 1 aromatic rings. The van der Waals surface area contributed by atoms with Crippen molar-refractivity contribution in [1.82, 2.24) is 4.98 Å². The van der Waals surface area contributed by atoms with Crippen LogP contribution in [-0.2, 0) is 0 Å². The number of rotatable bonds is 5. The predicted octanol–water partition coefficient (Wildman–Crippen LogP) is 3.78. The zero-order valence-corrected chi connectivity index (χ0v) is 10.6. The van der Waals surface area contributed by atoms with E-state index in [1.807, 2.05) is 12.1 Å². The summed E-state index contributed by atoms with van der Waals surface area (Å²) in [7, 11) is 0. The third-order valence-electron chi connectivity index (χ3n) is 2.02. The minimum atomic E-state index is 0.640. The van der Waals surface area contributed by atoms with E-state index in [9.17, 15) is 0 Å². The first-order chi connectivity index (χ1) is 6.77. The highest BCUT2D eigenvalue weighted by atomic mass is 35.5. The van der Waals surface area contributed by atoms with Gasteiger partial charge in [-0.3, -0.25) is 0 Å². The van der Waals surface area contributed by atoms with Crippen LogP contribution in [0.5, 0.6) is 0 Å². The molecule has 0 spiro atoms. The van der Waals surface area contributed by atoms with Gasteiger partial charge in [-0.1, -0.05) is 24.9 Å². The van der Waals surface area contributed by atoms with Gasteiger partial charge in [0, 0.05) is 11.9 Å². The smallest absolute Gasteiger partial charge is 0.115 e. The van der Waals surface area contributed by atoms with Crippen molar-refractivity contribution in [2.45, 2.75) is 18.4 Å². The SMILES string of the molecule is CCC(CS)CSc1ncccc1Cl. The maximum absolute atomic E-state index is 5.99. The van der Waals surface area contributed by atoms with Crippen LogP contribution in [0, 0.1) is 5.92 Å². The van der Waals surface area contributed by atoms with Crippen LogP contribution in [0.1, 0.15) is 13.3 Å². The van der Waals surface area contributed by atoms with E-state index in [1.165, 1.54) is 0 Å². The summed E-state index contributed by atoms with van der Waals surface area (Å²) in [5.74, 6) is 2.60. The molecule has 0 saturated carbocycles. The molecule has 0 N–H and O–H groups in total. The van der Waals surface area contributed by atoms with E-state index in [-0.39, 0.29) is 0 Å². The molecule has 1 atom stereocenters. The summed E-state index contributed by atoms with van der Waals surface area (Å²) >= 11 is 12.0. The Morgan fingerprint density at radius 2 is 2.43 bits per heavy atom. The standard InChI is InChI=1S/C10H14ClNS2/c1-2-8(6-13)7-14-10-9(11)4-3-5-12-10/h3-5,8,13H,2,6-7H2,1H3. The van der Waals surface area contributed by atoms with Gasteiger partial charge in [0.1, 0.15) is 5.03 Å². The average Bonchev–Trinajstić information content (AvgIpc) is 2.22. The molecule has 1 heterocycles. The molecule has 0 bridgehead atoms. The van der Waals surface area contributed by atoms with Crippen molar-refractivity contribution in [2.24, 2.45) is 5.92 Å². The zero-order valence-electron chi connectivity index (χ0n) is 8.11. The summed E-state index contributed by atoms with van der Waals surface area (Å²) < 4.78 is 0. The van der Waals surface area contributed by atoms with Crippen LogP contribution < -0.4 is 0 Å². The molecule has 0 aliphatic carbocycles. The fourth-order valence-corrected chi connectivity index (χ4v) is 2.91. The maximum atomic E-state index is 5.99. The Labute approximate surface area is 100 Å². The van der Waals surface area contributed by atoms with Gasteiger partial charge in [-0.2, -0.15) is 12.6 Å². The fourth-order valence-electron chi connectivity index (χ4n) is 0.974. The summed E-state index contributed by atoms with van der Waals surface area (Å²) in [5.41, 5.74) is 0. The van der Waals surface area contributed by atoms with E-state index in [4.69, 9.17) is 11.6 Å². The second-order valence-corrected chi connectivity index (χ2v) is 4.84. The van der Waals surface area contributed by atoms with Gasteiger partial charge in [-0.15, -0.1) is 11.8 Å². The first-order valence-electron chi connectivity index (χ1n) is 4.62. The monoisotopic (exact) mass is 247 g/mol. The van der Waals surface area contributed by atoms with Crippen LogP contribution >= 0.6 is 36.0 Å². The largest absolute Gasteiger partial charge is 0.248 e. The van der Waals surface area contributed by atoms with E-state index < -0.39 is 0 Å². The van der Waals surface area contributed by atoms with Crippen molar-refractivity contribution in [3.8, 4) is 0 Å². The first kappa shape index (κ1) is 12.2. The van der Waals surface area contributed by atoms with E-state index in [0.29, 0.717) is 5.92 Å². The number of thiol groups is 1. The van der Waals surface area contributed by atoms with Crippen LogP contribution in [0.2, 0.25) is 5.02 Å². The second kappa shape index (κ2) is 6.59. The molecule has 14 heavy (non-hydrogen) atoms. The topological polar surface area (TPSA) is 12.9 Å². The van der Waals surface area contributed by atoms with Gasteiger partial charge < -0.3 is 0 Å². The van der Waals surface area contributed by atoms with Gasteiger partial charge in [0.2, 0.25) is 0 Å². The van der Waals surface area contributed by atoms with Gasteiger partial charge in [-0.25, -0.2) is 4.98 Å². The van der Waals surface area contributed by atoms with E-state index in [2.05, 4.69) is 24.5 Å². The number of thioether (sulfide) groups is 1. The zero-order chi connectivity index (χ0) is 10.4. The molecule has 0 aliphatic heterocycles. The lowest BCUT2D eigenvalue weighted by atomic mass is 10.2. The van der Waals surface area contributed by atoms with E-state index >= 15 is 0 Å². The van der Waals surface area contributed by atoms with E-state index in [0.717, 1.165) is 28.0 Å². The van der Waals surface area contributed by atoms with Crippen molar-refractivity contribution in [3.05, 3.63) is 23.4 Å². The Balaban J connectivity index is 2.49. The summed E-state index contributed by atoms with van der Waals surface area (Å²) in [6.07, 6.45) is 2.93. The Bertz CT molecular complexity index is 277. The highest BCUT2D eigenvalue weighted by Crippen LogP contribution is 2.26. The van der Waals surface area contributed by atoms with Gasteiger partial charge in [0.15, 0.2) is 0 Å². The van der Waals surface area contributed by atoms with Gasteiger partial charge in [-0.05, 0) is 23.8 Å². The Kier molecular flexibility index (Phi) is 5.75. The molecule has 0 aromatic carbocycles. The van der Waals surface area contributed by atoms with Gasteiger partial charge in [0.25, 0.3) is 0 Å². The average molecular weight is 248 g/mol.